The molecule has 0 aliphatic heterocycles. The number of nitrogens with zero attached hydrogens (tertiary/aromatic N) is 3. The highest BCUT2D eigenvalue weighted by atomic mass is 16.5. The molecule has 1 amide bonds. The van der Waals surface area contributed by atoms with Crippen molar-refractivity contribution < 1.29 is 14.3 Å². The van der Waals surface area contributed by atoms with Gasteiger partial charge >= 0.3 is 5.97 Å². The monoisotopic (exact) mass is 289 g/mol. The number of anilines is 1. The van der Waals surface area contributed by atoms with Gasteiger partial charge in [0, 0.05) is 5.69 Å². The maximum atomic E-state index is 11.8. The first-order valence-electron chi connectivity index (χ1n) is 6.48. The largest absolute Gasteiger partial charge is 0.462 e. The molecule has 0 saturated carbocycles. The number of hydrogen-bond donors (Lipinski definition) is 2. The molecule has 0 spiro atoms. The van der Waals surface area contributed by atoms with Crippen molar-refractivity contribution in [2.45, 2.75) is 19.8 Å². The van der Waals surface area contributed by atoms with Crippen LogP contribution in [0.4, 0.5) is 5.69 Å². The smallest absolute Gasteiger partial charge is 0.338 e. The van der Waals surface area contributed by atoms with Gasteiger partial charge in [0.15, 0.2) is 5.82 Å². The summed E-state index contributed by atoms with van der Waals surface area (Å²) in [6, 6.07) is 6.55. The SMILES string of the molecule is CCCOC(=O)c1cccc(NC(=O)Cc2nn[nH]n2)c1. The highest BCUT2D eigenvalue weighted by molar-refractivity contribution is 5.95. The van der Waals surface area contributed by atoms with E-state index in [-0.39, 0.29) is 12.3 Å². The summed E-state index contributed by atoms with van der Waals surface area (Å²) in [5, 5.41) is 15.7. The summed E-state index contributed by atoms with van der Waals surface area (Å²) >= 11 is 0. The highest BCUT2D eigenvalue weighted by Crippen LogP contribution is 2.12. The van der Waals surface area contributed by atoms with Crippen LogP contribution in [0.2, 0.25) is 0 Å². The van der Waals surface area contributed by atoms with E-state index in [2.05, 4.69) is 25.9 Å². The number of nitrogens with one attached hydrogen (secondary N) is 2. The van der Waals surface area contributed by atoms with Gasteiger partial charge in [-0.15, -0.1) is 10.2 Å². The van der Waals surface area contributed by atoms with Gasteiger partial charge in [-0.2, -0.15) is 5.21 Å². The first kappa shape index (κ1) is 14.6. The minimum atomic E-state index is -0.411. The third kappa shape index (κ3) is 4.37. The molecule has 2 rings (SSSR count). The van der Waals surface area contributed by atoms with Gasteiger partial charge in [0.05, 0.1) is 18.6 Å². The van der Waals surface area contributed by atoms with Crippen molar-refractivity contribution in [1.29, 1.82) is 0 Å². The molecular weight excluding hydrogens is 274 g/mol. The third-order valence-electron chi connectivity index (χ3n) is 2.53. The van der Waals surface area contributed by atoms with Crippen LogP contribution in [0.3, 0.4) is 0 Å². The normalized spacial score (nSPS) is 10.1. The molecule has 0 atom stereocenters. The summed E-state index contributed by atoms with van der Waals surface area (Å²) in [7, 11) is 0. The Labute approximate surface area is 120 Å². The second-order valence-corrected chi connectivity index (χ2v) is 4.27. The van der Waals surface area contributed by atoms with E-state index in [1.54, 1.807) is 24.3 Å². The van der Waals surface area contributed by atoms with Crippen molar-refractivity contribution in [2.75, 3.05) is 11.9 Å². The van der Waals surface area contributed by atoms with Gasteiger partial charge in [0.2, 0.25) is 5.91 Å². The summed E-state index contributed by atoms with van der Waals surface area (Å²) in [6.45, 7) is 2.29. The fourth-order valence-electron chi connectivity index (χ4n) is 1.61. The second-order valence-electron chi connectivity index (χ2n) is 4.27. The summed E-state index contributed by atoms with van der Waals surface area (Å²) in [4.78, 5) is 23.5. The predicted molar refractivity (Wildman–Crippen MR) is 73.5 cm³/mol. The van der Waals surface area contributed by atoms with E-state index in [9.17, 15) is 9.59 Å². The van der Waals surface area contributed by atoms with E-state index in [1.807, 2.05) is 6.92 Å². The zero-order valence-electron chi connectivity index (χ0n) is 11.5. The molecule has 8 nitrogen and oxygen atoms in total. The lowest BCUT2D eigenvalue weighted by molar-refractivity contribution is -0.115. The topological polar surface area (TPSA) is 110 Å². The van der Waals surface area contributed by atoms with Gasteiger partial charge in [-0.25, -0.2) is 4.79 Å². The lowest BCUT2D eigenvalue weighted by atomic mass is 10.2. The number of rotatable bonds is 6. The van der Waals surface area contributed by atoms with Gasteiger partial charge in [0.1, 0.15) is 0 Å². The van der Waals surface area contributed by atoms with Crippen LogP contribution in [-0.4, -0.2) is 39.1 Å². The van der Waals surface area contributed by atoms with Crippen molar-refractivity contribution in [2.24, 2.45) is 0 Å². The van der Waals surface area contributed by atoms with E-state index in [0.717, 1.165) is 6.42 Å². The number of esters is 1. The Hall–Kier alpha value is -2.77. The number of tetrazole rings is 1. The molecule has 2 N–H and O–H groups in total. The molecule has 0 aliphatic carbocycles. The Bertz CT molecular complexity index is 612. The number of aromatic amines is 1. The van der Waals surface area contributed by atoms with Crippen LogP contribution in [0, 0.1) is 0 Å². The Balaban J connectivity index is 1.97. The molecule has 0 unspecified atom stereocenters. The van der Waals surface area contributed by atoms with E-state index < -0.39 is 5.97 Å². The van der Waals surface area contributed by atoms with Crippen LogP contribution in [0.1, 0.15) is 29.5 Å². The average Bonchev–Trinajstić information content (AvgIpc) is 2.97. The Morgan fingerprint density at radius 2 is 2.24 bits per heavy atom. The first-order chi connectivity index (χ1) is 10.2. The lowest BCUT2D eigenvalue weighted by Gasteiger charge is -2.06. The van der Waals surface area contributed by atoms with Gasteiger partial charge in [-0.05, 0) is 24.6 Å². The van der Waals surface area contributed by atoms with Crippen LogP contribution < -0.4 is 5.32 Å². The molecule has 0 aliphatic rings. The predicted octanol–water partition coefficient (Wildman–Crippen LogP) is 0.948. The third-order valence-corrected chi connectivity index (χ3v) is 2.53. The van der Waals surface area contributed by atoms with Crippen LogP contribution in [0.5, 0.6) is 0 Å². The summed E-state index contributed by atoms with van der Waals surface area (Å²) in [6.07, 6.45) is 0.758. The summed E-state index contributed by atoms with van der Waals surface area (Å²) in [5.41, 5.74) is 0.898. The summed E-state index contributed by atoms with van der Waals surface area (Å²) < 4.78 is 5.04. The number of carbonyl (C=O) groups excluding carboxylic acids is 2. The molecular formula is C13H15N5O3. The van der Waals surface area contributed by atoms with E-state index in [0.29, 0.717) is 23.7 Å². The molecule has 1 heterocycles. The molecule has 21 heavy (non-hydrogen) atoms. The number of hydrogen-bond acceptors (Lipinski definition) is 6. The lowest BCUT2D eigenvalue weighted by Crippen LogP contribution is -2.16. The zero-order chi connectivity index (χ0) is 15.1. The van der Waals surface area contributed by atoms with Crippen molar-refractivity contribution in [3.8, 4) is 0 Å². The van der Waals surface area contributed by atoms with Gasteiger partial charge in [-0.3, -0.25) is 4.79 Å². The molecule has 8 heteroatoms. The molecule has 1 aromatic heterocycles. The molecule has 0 fully saturated rings. The van der Waals surface area contributed by atoms with Crippen molar-refractivity contribution in [3.05, 3.63) is 35.7 Å². The minimum Gasteiger partial charge on any atom is -0.462 e. The van der Waals surface area contributed by atoms with E-state index in [1.165, 1.54) is 0 Å². The van der Waals surface area contributed by atoms with Crippen molar-refractivity contribution in [1.82, 2.24) is 20.6 Å². The Morgan fingerprint density at radius 3 is 2.95 bits per heavy atom. The van der Waals surface area contributed by atoms with Crippen LogP contribution in [-0.2, 0) is 16.0 Å². The van der Waals surface area contributed by atoms with Crippen LogP contribution >= 0.6 is 0 Å². The molecule has 0 radical (unpaired) electrons. The van der Waals surface area contributed by atoms with Crippen LogP contribution in [0.15, 0.2) is 24.3 Å². The Morgan fingerprint density at radius 1 is 1.38 bits per heavy atom. The standard InChI is InChI=1S/C13H15N5O3/c1-2-6-21-13(20)9-4-3-5-10(7-9)14-12(19)8-11-15-17-18-16-11/h3-5,7H,2,6,8H2,1H3,(H,14,19)(H,15,16,17,18). The molecule has 2 aromatic rings. The molecule has 0 bridgehead atoms. The molecule has 1 aromatic carbocycles. The zero-order valence-corrected chi connectivity index (χ0v) is 11.5. The van der Waals surface area contributed by atoms with E-state index in [4.69, 9.17) is 4.74 Å². The van der Waals surface area contributed by atoms with Crippen molar-refractivity contribution >= 4 is 17.6 Å². The highest BCUT2D eigenvalue weighted by Gasteiger charge is 2.10. The number of aromatic nitrogens is 4. The fourth-order valence-corrected chi connectivity index (χ4v) is 1.61. The number of benzene rings is 1. The van der Waals surface area contributed by atoms with E-state index >= 15 is 0 Å². The molecule has 0 saturated heterocycles. The summed E-state index contributed by atoms with van der Waals surface area (Å²) in [5.74, 6) is -0.410. The van der Waals surface area contributed by atoms with Crippen molar-refractivity contribution in [3.63, 3.8) is 0 Å². The average molecular weight is 289 g/mol. The molecule has 110 valence electrons. The minimum absolute atomic E-state index is 0.00100. The number of ether oxygens (including phenoxy) is 1. The maximum Gasteiger partial charge on any atom is 0.338 e. The number of carbonyl (C=O) groups is 2. The quantitative estimate of drug-likeness (QED) is 0.766. The van der Waals surface area contributed by atoms with Gasteiger partial charge in [0.25, 0.3) is 0 Å². The number of H-pyrrole nitrogens is 1. The first-order valence-corrected chi connectivity index (χ1v) is 6.48. The van der Waals surface area contributed by atoms with Gasteiger partial charge < -0.3 is 10.1 Å². The fraction of sp³-hybridized carbons (Fsp3) is 0.308. The van der Waals surface area contributed by atoms with Gasteiger partial charge in [-0.1, -0.05) is 18.2 Å². The van der Waals surface area contributed by atoms with Crippen LogP contribution in [0.25, 0.3) is 0 Å². The second kappa shape index (κ2) is 7.13. The maximum absolute atomic E-state index is 11.8. The Kier molecular flexibility index (Phi) is 4.97. The number of amides is 1.